The van der Waals surface area contributed by atoms with Gasteiger partial charge in [0, 0.05) is 19.1 Å². The van der Waals surface area contributed by atoms with Gasteiger partial charge in [0.25, 0.3) is 0 Å². The van der Waals surface area contributed by atoms with Gasteiger partial charge in [0.2, 0.25) is 0 Å². The van der Waals surface area contributed by atoms with Crippen LogP contribution in [0.1, 0.15) is 26.7 Å². The Balaban J connectivity index is 2.27. The summed E-state index contributed by atoms with van der Waals surface area (Å²) < 4.78 is 0. The fourth-order valence-electron chi connectivity index (χ4n) is 2.54. The Bertz CT molecular complexity index is 175. The van der Waals surface area contributed by atoms with Crippen molar-refractivity contribution in [1.29, 1.82) is 0 Å². The van der Waals surface area contributed by atoms with E-state index >= 15 is 0 Å². The fraction of sp³-hybridized carbons (Fsp3) is 1.00. The lowest BCUT2D eigenvalue weighted by Gasteiger charge is -2.28. The number of likely N-dealkylation sites (N-methyl/N-ethyl adjacent to an activating group) is 2. The van der Waals surface area contributed by atoms with Crippen LogP contribution in [0.5, 0.6) is 0 Å². The van der Waals surface area contributed by atoms with Crippen LogP contribution in [-0.4, -0.2) is 54.8 Å². The van der Waals surface area contributed by atoms with E-state index in [0.29, 0.717) is 5.92 Å². The van der Waals surface area contributed by atoms with Gasteiger partial charge in [-0.2, -0.15) is 12.6 Å². The summed E-state index contributed by atoms with van der Waals surface area (Å²) in [6, 6.07) is 0.798. The molecule has 3 heteroatoms. The molecule has 0 spiro atoms. The maximum atomic E-state index is 4.34. The summed E-state index contributed by atoms with van der Waals surface area (Å²) in [5.74, 6) is 1.70. The second-order valence-electron chi connectivity index (χ2n) is 4.93. The molecule has 0 N–H and O–H groups in total. The zero-order valence-corrected chi connectivity index (χ0v) is 11.3. The van der Waals surface area contributed by atoms with E-state index < -0.39 is 0 Å². The van der Waals surface area contributed by atoms with E-state index in [1.165, 1.54) is 39.0 Å². The maximum absolute atomic E-state index is 4.34. The predicted molar refractivity (Wildman–Crippen MR) is 70.8 cm³/mol. The smallest absolute Gasteiger partial charge is 0.0223 e. The molecule has 2 unspecified atom stereocenters. The molecule has 0 aromatic carbocycles. The lowest BCUT2D eigenvalue weighted by atomic mass is 10.1. The lowest BCUT2D eigenvalue weighted by molar-refractivity contribution is 0.189. The molecule has 1 rings (SSSR count). The average molecular weight is 230 g/mol. The van der Waals surface area contributed by atoms with Crippen molar-refractivity contribution in [1.82, 2.24) is 9.80 Å². The molecular formula is C12H26N2S. The van der Waals surface area contributed by atoms with Gasteiger partial charge in [-0.25, -0.2) is 0 Å². The number of hydrogen-bond donors (Lipinski definition) is 1. The van der Waals surface area contributed by atoms with Crippen molar-refractivity contribution >= 4 is 12.6 Å². The molecule has 1 heterocycles. The number of hydrogen-bond acceptors (Lipinski definition) is 3. The van der Waals surface area contributed by atoms with Crippen molar-refractivity contribution in [2.75, 3.05) is 39.0 Å². The van der Waals surface area contributed by atoms with Gasteiger partial charge in [-0.1, -0.05) is 13.8 Å². The highest BCUT2D eigenvalue weighted by molar-refractivity contribution is 7.80. The Morgan fingerprint density at radius 2 is 2.27 bits per heavy atom. The van der Waals surface area contributed by atoms with Crippen molar-refractivity contribution in [2.24, 2.45) is 5.92 Å². The zero-order valence-electron chi connectivity index (χ0n) is 10.4. The van der Waals surface area contributed by atoms with Gasteiger partial charge in [0.05, 0.1) is 0 Å². The van der Waals surface area contributed by atoms with Crippen LogP contribution in [0.15, 0.2) is 0 Å². The highest BCUT2D eigenvalue weighted by Crippen LogP contribution is 2.17. The van der Waals surface area contributed by atoms with E-state index in [9.17, 15) is 0 Å². The highest BCUT2D eigenvalue weighted by Gasteiger charge is 2.24. The van der Waals surface area contributed by atoms with Crippen LogP contribution >= 0.6 is 12.6 Å². The standard InChI is InChI=1S/C12H26N2S/c1-4-14-7-5-6-12(14)9-13(3)8-11(2)10-15/h11-12,15H,4-10H2,1-3H3. The van der Waals surface area contributed by atoms with Crippen LogP contribution in [-0.2, 0) is 0 Å². The molecule has 0 aromatic rings. The van der Waals surface area contributed by atoms with Crippen molar-refractivity contribution in [2.45, 2.75) is 32.7 Å². The van der Waals surface area contributed by atoms with Gasteiger partial charge in [0.15, 0.2) is 0 Å². The second-order valence-corrected chi connectivity index (χ2v) is 5.30. The summed E-state index contributed by atoms with van der Waals surface area (Å²) in [4.78, 5) is 5.08. The molecule has 1 saturated heterocycles. The molecule has 0 saturated carbocycles. The number of rotatable bonds is 6. The maximum Gasteiger partial charge on any atom is 0.0223 e. The molecule has 1 aliphatic heterocycles. The van der Waals surface area contributed by atoms with E-state index in [4.69, 9.17) is 0 Å². The third kappa shape index (κ3) is 4.33. The van der Waals surface area contributed by atoms with E-state index in [1.54, 1.807) is 0 Å². The fourth-order valence-corrected chi connectivity index (χ4v) is 2.66. The van der Waals surface area contributed by atoms with Crippen LogP contribution in [0, 0.1) is 5.92 Å². The molecule has 1 aliphatic rings. The Hall–Kier alpha value is 0.270. The van der Waals surface area contributed by atoms with Crippen LogP contribution in [0.4, 0.5) is 0 Å². The highest BCUT2D eigenvalue weighted by atomic mass is 32.1. The third-order valence-corrected chi connectivity index (χ3v) is 3.99. The van der Waals surface area contributed by atoms with E-state index in [0.717, 1.165) is 11.8 Å². The van der Waals surface area contributed by atoms with Gasteiger partial charge >= 0.3 is 0 Å². The Kier molecular flexibility index (Phi) is 6.02. The quantitative estimate of drug-likeness (QED) is 0.697. The molecular weight excluding hydrogens is 204 g/mol. The third-order valence-electron chi connectivity index (χ3n) is 3.36. The first-order valence-corrected chi connectivity index (χ1v) is 6.84. The molecule has 15 heavy (non-hydrogen) atoms. The average Bonchev–Trinajstić information content (AvgIpc) is 2.64. The van der Waals surface area contributed by atoms with Crippen LogP contribution < -0.4 is 0 Å². The van der Waals surface area contributed by atoms with E-state index in [2.05, 4.69) is 43.3 Å². The zero-order chi connectivity index (χ0) is 11.3. The number of likely N-dealkylation sites (tertiary alicyclic amines) is 1. The largest absolute Gasteiger partial charge is 0.305 e. The Labute approximate surface area is 100 Å². The first-order valence-electron chi connectivity index (χ1n) is 6.20. The van der Waals surface area contributed by atoms with Gasteiger partial charge in [-0.15, -0.1) is 0 Å². The summed E-state index contributed by atoms with van der Waals surface area (Å²) in [7, 11) is 2.24. The minimum absolute atomic E-state index is 0.704. The molecule has 2 atom stereocenters. The summed E-state index contributed by atoms with van der Waals surface area (Å²) in [6.45, 7) is 9.46. The normalized spacial score (nSPS) is 25.0. The molecule has 90 valence electrons. The molecule has 2 nitrogen and oxygen atoms in total. The number of nitrogens with zero attached hydrogens (tertiary/aromatic N) is 2. The van der Waals surface area contributed by atoms with Crippen molar-refractivity contribution in [3.8, 4) is 0 Å². The SMILES string of the molecule is CCN1CCCC1CN(C)CC(C)CS. The summed E-state index contributed by atoms with van der Waals surface area (Å²) in [5.41, 5.74) is 0. The monoisotopic (exact) mass is 230 g/mol. The van der Waals surface area contributed by atoms with E-state index in [-0.39, 0.29) is 0 Å². The Morgan fingerprint density at radius 1 is 1.53 bits per heavy atom. The minimum Gasteiger partial charge on any atom is -0.305 e. The topological polar surface area (TPSA) is 6.48 Å². The van der Waals surface area contributed by atoms with Crippen molar-refractivity contribution < 1.29 is 0 Å². The molecule has 0 aromatic heterocycles. The van der Waals surface area contributed by atoms with Crippen LogP contribution in [0.2, 0.25) is 0 Å². The lowest BCUT2D eigenvalue weighted by Crippen LogP contribution is -2.40. The molecule has 0 amide bonds. The second kappa shape index (κ2) is 6.77. The van der Waals surface area contributed by atoms with Gasteiger partial charge in [-0.05, 0) is 44.6 Å². The van der Waals surface area contributed by atoms with Gasteiger partial charge in [0.1, 0.15) is 0 Å². The minimum atomic E-state index is 0.704. The van der Waals surface area contributed by atoms with Crippen molar-refractivity contribution in [3.05, 3.63) is 0 Å². The summed E-state index contributed by atoms with van der Waals surface area (Å²) >= 11 is 4.34. The Morgan fingerprint density at radius 3 is 2.87 bits per heavy atom. The van der Waals surface area contributed by atoms with Gasteiger partial charge in [-0.3, -0.25) is 4.90 Å². The van der Waals surface area contributed by atoms with Crippen LogP contribution in [0.25, 0.3) is 0 Å². The molecule has 0 bridgehead atoms. The van der Waals surface area contributed by atoms with Gasteiger partial charge < -0.3 is 4.90 Å². The van der Waals surface area contributed by atoms with E-state index in [1.807, 2.05) is 0 Å². The molecule has 0 radical (unpaired) electrons. The predicted octanol–water partition coefficient (Wildman–Crippen LogP) is 1.97. The molecule has 1 fully saturated rings. The van der Waals surface area contributed by atoms with Crippen LogP contribution in [0.3, 0.4) is 0 Å². The molecule has 0 aliphatic carbocycles. The summed E-state index contributed by atoms with van der Waals surface area (Å²) in [5, 5.41) is 0. The number of thiol groups is 1. The summed E-state index contributed by atoms with van der Waals surface area (Å²) in [6.07, 6.45) is 2.77. The van der Waals surface area contributed by atoms with Crippen molar-refractivity contribution in [3.63, 3.8) is 0 Å². The first-order chi connectivity index (χ1) is 7.17. The first kappa shape index (κ1) is 13.3.